The summed E-state index contributed by atoms with van der Waals surface area (Å²) in [4.78, 5) is 39.8. The summed E-state index contributed by atoms with van der Waals surface area (Å²) in [5.74, 6) is -2.51. The van der Waals surface area contributed by atoms with Crippen molar-refractivity contribution >= 4 is 23.4 Å². The molecule has 2 aliphatic rings. The summed E-state index contributed by atoms with van der Waals surface area (Å²) < 4.78 is 26.2. The standard InChI is InChI=1S/C22H23ClFN3O6/c1-26-10-22(6-12(22)9-32-2)27-8-14(18(28)19(29)17(27)21(26)31)20(30)25-7-11-4-13(33-3)5-15(23)16(11)24/h4-5,8,12,29H,6-7,9-10H2,1-3H3,(H,25,30). The Bertz CT molecular complexity index is 1220. The van der Waals surface area contributed by atoms with Gasteiger partial charge in [-0.05, 0) is 12.5 Å². The highest BCUT2D eigenvalue weighted by atomic mass is 35.5. The van der Waals surface area contributed by atoms with Crippen molar-refractivity contribution in [3.05, 3.63) is 56.2 Å². The molecule has 176 valence electrons. The number of aromatic nitrogens is 1. The number of aromatic hydroxyl groups is 1. The average Bonchev–Trinajstić information content (AvgIpc) is 3.47. The molecule has 1 spiro atoms. The SMILES string of the molecule is COCC1CC12CN(C)C(=O)c1c(O)c(=O)c(C(=O)NCc3cc(OC)cc(Cl)c3F)cn12. The van der Waals surface area contributed by atoms with E-state index in [1.807, 2.05) is 0 Å². The molecule has 0 saturated heterocycles. The Labute approximate surface area is 193 Å². The number of pyridine rings is 1. The van der Waals surface area contributed by atoms with Crippen LogP contribution in [0.2, 0.25) is 5.02 Å². The summed E-state index contributed by atoms with van der Waals surface area (Å²) in [6.07, 6.45) is 1.95. The highest BCUT2D eigenvalue weighted by Gasteiger charge is 2.60. The number of carbonyl (C=O) groups is 2. The van der Waals surface area contributed by atoms with E-state index in [1.54, 1.807) is 14.2 Å². The fourth-order valence-electron chi connectivity index (χ4n) is 4.47. The first-order valence-corrected chi connectivity index (χ1v) is 10.6. The number of nitrogens with zero attached hydrogens (tertiary/aromatic N) is 2. The van der Waals surface area contributed by atoms with E-state index in [1.165, 1.54) is 34.9 Å². The Morgan fingerprint density at radius 1 is 1.36 bits per heavy atom. The van der Waals surface area contributed by atoms with Crippen LogP contribution in [0.1, 0.15) is 32.8 Å². The number of carbonyl (C=O) groups excluding carboxylic acids is 2. The topological polar surface area (TPSA) is 110 Å². The van der Waals surface area contributed by atoms with Gasteiger partial charge in [-0.1, -0.05) is 11.6 Å². The number of halogens is 2. The largest absolute Gasteiger partial charge is 0.503 e. The van der Waals surface area contributed by atoms with Gasteiger partial charge in [0.25, 0.3) is 11.8 Å². The van der Waals surface area contributed by atoms with E-state index in [9.17, 15) is 23.9 Å². The molecule has 2 aromatic rings. The van der Waals surface area contributed by atoms with E-state index >= 15 is 0 Å². The van der Waals surface area contributed by atoms with E-state index in [-0.39, 0.29) is 34.3 Å². The highest BCUT2D eigenvalue weighted by molar-refractivity contribution is 6.31. The van der Waals surface area contributed by atoms with E-state index in [2.05, 4.69) is 5.32 Å². The molecule has 2 atom stereocenters. The van der Waals surface area contributed by atoms with Crippen LogP contribution in [0.4, 0.5) is 4.39 Å². The molecule has 1 aliphatic heterocycles. The molecule has 2 unspecified atom stereocenters. The molecule has 9 nitrogen and oxygen atoms in total. The molecular weight excluding hydrogens is 457 g/mol. The van der Waals surface area contributed by atoms with Crippen LogP contribution in [0.3, 0.4) is 0 Å². The van der Waals surface area contributed by atoms with Gasteiger partial charge in [0.1, 0.15) is 17.1 Å². The van der Waals surface area contributed by atoms with Crippen molar-refractivity contribution in [2.24, 2.45) is 5.92 Å². The van der Waals surface area contributed by atoms with Gasteiger partial charge >= 0.3 is 0 Å². The van der Waals surface area contributed by atoms with Gasteiger partial charge in [0.2, 0.25) is 5.43 Å². The molecule has 4 rings (SSSR count). The molecule has 1 saturated carbocycles. The van der Waals surface area contributed by atoms with Gasteiger partial charge in [-0.3, -0.25) is 14.4 Å². The number of likely N-dealkylation sites (N-methyl/N-ethyl adjacent to an activating group) is 1. The molecule has 1 aromatic carbocycles. The van der Waals surface area contributed by atoms with E-state index in [4.69, 9.17) is 21.1 Å². The summed E-state index contributed by atoms with van der Waals surface area (Å²) in [6.45, 7) is 0.498. The molecule has 11 heteroatoms. The van der Waals surface area contributed by atoms with E-state index in [0.717, 1.165) is 0 Å². The summed E-state index contributed by atoms with van der Waals surface area (Å²) in [5.41, 5.74) is -2.02. The molecule has 1 aromatic heterocycles. The lowest BCUT2D eigenvalue weighted by molar-refractivity contribution is 0.0664. The summed E-state index contributed by atoms with van der Waals surface area (Å²) in [5, 5.41) is 12.9. The minimum absolute atomic E-state index is 0.0441. The second kappa shape index (κ2) is 8.35. The maximum absolute atomic E-state index is 14.3. The third kappa shape index (κ3) is 3.72. The summed E-state index contributed by atoms with van der Waals surface area (Å²) >= 11 is 5.86. The van der Waals surface area contributed by atoms with Crippen molar-refractivity contribution in [1.82, 2.24) is 14.8 Å². The number of fused-ring (bicyclic) bond motifs is 2. The van der Waals surface area contributed by atoms with Crippen LogP contribution < -0.4 is 15.5 Å². The average molecular weight is 480 g/mol. The first-order chi connectivity index (χ1) is 15.6. The number of amides is 2. The number of rotatable bonds is 6. The first-order valence-electron chi connectivity index (χ1n) is 10.2. The number of nitrogens with one attached hydrogen (secondary N) is 1. The number of hydrogen-bond donors (Lipinski definition) is 2. The molecule has 0 radical (unpaired) electrons. The number of hydrogen-bond acceptors (Lipinski definition) is 6. The van der Waals surface area contributed by atoms with Crippen molar-refractivity contribution in [3.8, 4) is 11.5 Å². The Balaban J connectivity index is 1.69. The number of ether oxygens (including phenoxy) is 2. The lowest BCUT2D eigenvalue weighted by Crippen LogP contribution is -2.48. The quantitative estimate of drug-likeness (QED) is 0.653. The Morgan fingerprint density at radius 3 is 2.76 bits per heavy atom. The second-order valence-corrected chi connectivity index (χ2v) is 8.73. The van der Waals surface area contributed by atoms with Crippen LogP contribution in [-0.4, -0.2) is 60.8 Å². The third-order valence-electron chi connectivity index (χ3n) is 6.29. The van der Waals surface area contributed by atoms with Crippen LogP contribution in [0, 0.1) is 11.7 Å². The monoisotopic (exact) mass is 479 g/mol. The molecule has 0 bridgehead atoms. The first kappa shape index (κ1) is 23.1. The van der Waals surface area contributed by atoms with Crippen LogP contribution in [0.15, 0.2) is 23.1 Å². The molecule has 2 N–H and O–H groups in total. The van der Waals surface area contributed by atoms with Crippen LogP contribution in [0.5, 0.6) is 11.5 Å². The fourth-order valence-corrected chi connectivity index (χ4v) is 4.69. The lowest BCUT2D eigenvalue weighted by Gasteiger charge is -2.35. The van der Waals surface area contributed by atoms with Gasteiger partial charge in [-0.15, -0.1) is 0 Å². The predicted molar refractivity (Wildman–Crippen MR) is 116 cm³/mol. The minimum atomic E-state index is -0.981. The lowest BCUT2D eigenvalue weighted by atomic mass is 10.0. The second-order valence-electron chi connectivity index (χ2n) is 8.33. The van der Waals surface area contributed by atoms with Crippen molar-refractivity contribution in [3.63, 3.8) is 0 Å². The Kier molecular flexibility index (Phi) is 5.83. The van der Waals surface area contributed by atoms with Gasteiger partial charge in [0, 0.05) is 51.0 Å². The molecule has 2 amide bonds. The molecule has 33 heavy (non-hydrogen) atoms. The van der Waals surface area contributed by atoms with Gasteiger partial charge < -0.3 is 29.4 Å². The highest BCUT2D eigenvalue weighted by Crippen LogP contribution is 2.53. The smallest absolute Gasteiger partial charge is 0.274 e. The Morgan fingerprint density at radius 2 is 2.09 bits per heavy atom. The number of methoxy groups -OCH3 is 2. The van der Waals surface area contributed by atoms with Crippen LogP contribution in [0.25, 0.3) is 0 Å². The molecule has 1 fully saturated rings. The van der Waals surface area contributed by atoms with Gasteiger partial charge in [-0.25, -0.2) is 4.39 Å². The van der Waals surface area contributed by atoms with E-state index < -0.39 is 34.3 Å². The van der Waals surface area contributed by atoms with Crippen molar-refractivity contribution in [2.45, 2.75) is 18.5 Å². The molecular formula is C22H23ClFN3O6. The zero-order valence-corrected chi connectivity index (χ0v) is 19.0. The minimum Gasteiger partial charge on any atom is -0.503 e. The molecule has 2 heterocycles. The van der Waals surface area contributed by atoms with Crippen LogP contribution >= 0.6 is 11.6 Å². The fraction of sp³-hybridized carbons (Fsp3) is 0.409. The van der Waals surface area contributed by atoms with E-state index in [0.29, 0.717) is 25.3 Å². The summed E-state index contributed by atoms with van der Waals surface area (Å²) in [7, 11) is 4.55. The molecule has 1 aliphatic carbocycles. The zero-order valence-electron chi connectivity index (χ0n) is 18.3. The maximum atomic E-state index is 14.3. The Hall–Kier alpha value is -3.11. The van der Waals surface area contributed by atoms with Gasteiger partial charge in [-0.2, -0.15) is 0 Å². The van der Waals surface area contributed by atoms with Gasteiger partial charge in [0.05, 0.1) is 24.3 Å². The van der Waals surface area contributed by atoms with Crippen LogP contribution in [-0.2, 0) is 16.8 Å². The maximum Gasteiger partial charge on any atom is 0.274 e. The van der Waals surface area contributed by atoms with Crippen molar-refractivity contribution in [1.29, 1.82) is 0 Å². The predicted octanol–water partition coefficient (Wildman–Crippen LogP) is 1.73. The summed E-state index contributed by atoms with van der Waals surface area (Å²) in [6, 6.07) is 2.68. The van der Waals surface area contributed by atoms with Gasteiger partial charge in [0.15, 0.2) is 11.4 Å². The number of benzene rings is 1. The van der Waals surface area contributed by atoms with Crippen molar-refractivity contribution < 1.29 is 28.6 Å². The zero-order chi connectivity index (χ0) is 24.1. The van der Waals surface area contributed by atoms with Crippen molar-refractivity contribution in [2.75, 3.05) is 34.4 Å². The normalized spacial score (nSPS) is 21.2. The third-order valence-corrected chi connectivity index (χ3v) is 6.56.